The summed E-state index contributed by atoms with van der Waals surface area (Å²) in [5, 5.41) is 6.42. The molecule has 2 aliphatic rings. The largest absolute Gasteiger partial charge is 0.417 e. The smallest absolute Gasteiger partial charge is 0.408 e. The van der Waals surface area contributed by atoms with Crippen LogP contribution in [0.1, 0.15) is 50.5 Å². The van der Waals surface area contributed by atoms with Gasteiger partial charge in [0.2, 0.25) is 5.91 Å². The highest BCUT2D eigenvalue weighted by molar-refractivity contribution is 5.82. The first-order chi connectivity index (χ1) is 12.7. The van der Waals surface area contributed by atoms with Crippen molar-refractivity contribution in [1.82, 2.24) is 15.6 Å². The number of fused-ring (bicyclic) bond motifs is 1. The molecule has 6 heteroatoms. The van der Waals surface area contributed by atoms with Gasteiger partial charge in [0.15, 0.2) is 5.58 Å². The number of nitrogens with one attached hydrogen (secondary N) is 3. The van der Waals surface area contributed by atoms with Crippen molar-refractivity contribution in [3.63, 3.8) is 0 Å². The number of rotatable bonds is 4. The van der Waals surface area contributed by atoms with Crippen LogP contribution in [0.3, 0.4) is 0 Å². The lowest BCUT2D eigenvalue weighted by atomic mass is 9.74. The fourth-order valence-electron chi connectivity index (χ4n) is 4.60. The van der Waals surface area contributed by atoms with Gasteiger partial charge in [-0.3, -0.25) is 9.78 Å². The molecule has 140 valence electrons. The van der Waals surface area contributed by atoms with E-state index >= 15 is 0 Å². The van der Waals surface area contributed by atoms with Crippen molar-refractivity contribution in [2.75, 3.05) is 6.54 Å². The number of hydrogen-bond donors (Lipinski definition) is 3. The molecule has 1 aromatic carbocycles. The molecule has 1 saturated heterocycles. The Labute approximate surface area is 152 Å². The van der Waals surface area contributed by atoms with E-state index in [-0.39, 0.29) is 11.9 Å². The van der Waals surface area contributed by atoms with Crippen LogP contribution in [0.25, 0.3) is 11.1 Å². The topological polar surface area (TPSA) is 87.1 Å². The number of aromatic amines is 1. The van der Waals surface area contributed by atoms with Gasteiger partial charge in [-0.15, -0.1) is 0 Å². The molecular formula is C20H27N3O3. The van der Waals surface area contributed by atoms with Crippen LogP contribution >= 0.6 is 0 Å². The van der Waals surface area contributed by atoms with Crippen molar-refractivity contribution in [1.29, 1.82) is 0 Å². The van der Waals surface area contributed by atoms with E-state index in [0.29, 0.717) is 23.6 Å². The summed E-state index contributed by atoms with van der Waals surface area (Å²) < 4.78 is 5.00. The standard InChI is InChI=1S/C20H27N3O3/c24-19(17-11-15(8-9-21-17)14-4-2-1-3-5-14)22-12-13-6-7-18-16(10-13)23-20(25)26-18/h6-7,10,14-15,17,21H,1-5,8-9,11-12H2,(H,22,24)(H,23,25). The van der Waals surface area contributed by atoms with Crippen LogP contribution in [0.2, 0.25) is 0 Å². The number of carbonyl (C=O) groups is 1. The van der Waals surface area contributed by atoms with Crippen LogP contribution in [0.15, 0.2) is 27.4 Å². The van der Waals surface area contributed by atoms with Gasteiger partial charge in [-0.25, -0.2) is 4.79 Å². The second-order valence-corrected chi connectivity index (χ2v) is 7.75. The summed E-state index contributed by atoms with van der Waals surface area (Å²) in [5.41, 5.74) is 2.15. The van der Waals surface area contributed by atoms with Gasteiger partial charge in [-0.2, -0.15) is 0 Å². The number of amides is 1. The van der Waals surface area contributed by atoms with E-state index in [9.17, 15) is 9.59 Å². The van der Waals surface area contributed by atoms with Crippen molar-refractivity contribution >= 4 is 17.0 Å². The van der Waals surface area contributed by atoms with E-state index in [2.05, 4.69) is 15.6 Å². The highest BCUT2D eigenvalue weighted by Crippen LogP contribution is 2.35. The van der Waals surface area contributed by atoms with Gasteiger partial charge in [-0.05, 0) is 48.9 Å². The zero-order chi connectivity index (χ0) is 17.9. The molecule has 1 saturated carbocycles. The Hall–Kier alpha value is -2.08. The third kappa shape index (κ3) is 3.85. The minimum Gasteiger partial charge on any atom is -0.408 e. The second kappa shape index (κ2) is 7.66. The molecule has 6 nitrogen and oxygen atoms in total. The second-order valence-electron chi connectivity index (χ2n) is 7.75. The van der Waals surface area contributed by atoms with E-state index in [1.807, 2.05) is 12.1 Å². The highest BCUT2D eigenvalue weighted by atomic mass is 16.4. The fourth-order valence-corrected chi connectivity index (χ4v) is 4.60. The Morgan fingerprint density at radius 2 is 2.00 bits per heavy atom. The van der Waals surface area contributed by atoms with Gasteiger partial charge in [0.05, 0.1) is 11.6 Å². The van der Waals surface area contributed by atoms with Crippen LogP contribution in [0.5, 0.6) is 0 Å². The maximum Gasteiger partial charge on any atom is 0.417 e. The molecule has 0 spiro atoms. The first-order valence-electron chi connectivity index (χ1n) is 9.82. The highest BCUT2D eigenvalue weighted by Gasteiger charge is 2.31. The normalized spacial score (nSPS) is 24.6. The fraction of sp³-hybridized carbons (Fsp3) is 0.600. The third-order valence-electron chi connectivity index (χ3n) is 6.03. The Morgan fingerprint density at radius 1 is 1.15 bits per heavy atom. The summed E-state index contributed by atoms with van der Waals surface area (Å²) in [4.78, 5) is 26.5. The summed E-state index contributed by atoms with van der Waals surface area (Å²) in [5.74, 6) is 1.11. The van der Waals surface area contributed by atoms with Crippen molar-refractivity contribution in [2.45, 2.75) is 57.5 Å². The summed E-state index contributed by atoms with van der Waals surface area (Å²) >= 11 is 0. The van der Waals surface area contributed by atoms with Gasteiger partial charge in [0.25, 0.3) is 0 Å². The maximum atomic E-state index is 12.6. The van der Waals surface area contributed by atoms with Crippen LogP contribution in [-0.2, 0) is 11.3 Å². The Balaban J connectivity index is 1.33. The van der Waals surface area contributed by atoms with E-state index < -0.39 is 5.76 Å². The van der Waals surface area contributed by atoms with E-state index in [0.717, 1.165) is 24.4 Å². The van der Waals surface area contributed by atoms with Crippen LogP contribution in [-0.4, -0.2) is 23.5 Å². The molecule has 0 bridgehead atoms. The molecule has 2 aromatic rings. The molecular weight excluding hydrogens is 330 g/mol. The number of piperidine rings is 1. The number of carbonyl (C=O) groups excluding carboxylic acids is 1. The molecule has 1 aromatic heterocycles. The minimum atomic E-state index is -0.457. The maximum absolute atomic E-state index is 12.6. The zero-order valence-corrected chi connectivity index (χ0v) is 15.1. The Bertz CT molecular complexity index is 819. The monoisotopic (exact) mass is 357 g/mol. The molecule has 2 fully saturated rings. The lowest BCUT2D eigenvalue weighted by Gasteiger charge is -2.36. The van der Waals surface area contributed by atoms with Crippen molar-refractivity contribution in [3.05, 3.63) is 34.3 Å². The number of hydrogen-bond acceptors (Lipinski definition) is 4. The molecule has 4 rings (SSSR count). The first kappa shape index (κ1) is 17.3. The van der Waals surface area contributed by atoms with Gasteiger partial charge in [-0.1, -0.05) is 38.2 Å². The van der Waals surface area contributed by atoms with Gasteiger partial charge in [0.1, 0.15) is 0 Å². The first-order valence-corrected chi connectivity index (χ1v) is 9.82. The number of oxazole rings is 1. The van der Waals surface area contributed by atoms with E-state index in [1.54, 1.807) is 6.07 Å². The summed E-state index contributed by atoms with van der Waals surface area (Å²) in [6, 6.07) is 5.39. The lowest BCUT2D eigenvalue weighted by Crippen LogP contribution is -2.49. The van der Waals surface area contributed by atoms with Crippen LogP contribution in [0, 0.1) is 11.8 Å². The summed E-state index contributed by atoms with van der Waals surface area (Å²) in [6.45, 7) is 1.38. The Kier molecular flexibility index (Phi) is 5.11. The van der Waals surface area contributed by atoms with E-state index in [1.165, 1.54) is 38.5 Å². The predicted octanol–water partition coefficient (Wildman–Crippen LogP) is 2.69. The number of H-pyrrole nitrogens is 1. The predicted molar refractivity (Wildman–Crippen MR) is 99.8 cm³/mol. The van der Waals surface area contributed by atoms with Gasteiger partial charge >= 0.3 is 5.76 Å². The average Bonchev–Trinajstić information content (AvgIpc) is 3.06. The molecule has 1 aliphatic carbocycles. The van der Waals surface area contributed by atoms with Crippen molar-refractivity contribution in [2.24, 2.45) is 11.8 Å². The average molecular weight is 357 g/mol. The summed E-state index contributed by atoms with van der Waals surface area (Å²) in [7, 11) is 0. The number of aromatic nitrogens is 1. The van der Waals surface area contributed by atoms with Gasteiger partial charge in [0, 0.05) is 6.54 Å². The molecule has 2 unspecified atom stereocenters. The molecule has 3 N–H and O–H groups in total. The molecule has 2 heterocycles. The van der Waals surface area contributed by atoms with Crippen LogP contribution in [0.4, 0.5) is 0 Å². The molecule has 1 aliphatic heterocycles. The SMILES string of the molecule is O=C(NCc1ccc2oc(=O)[nH]c2c1)C1CC(C2CCCCC2)CCN1. The lowest BCUT2D eigenvalue weighted by molar-refractivity contribution is -0.124. The van der Waals surface area contributed by atoms with Crippen molar-refractivity contribution in [3.8, 4) is 0 Å². The molecule has 2 atom stereocenters. The van der Waals surface area contributed by atoms with E-state index in [4.69, 9.17) is 4.42 Å². The molecule has 26 heavy (non-hydrogen) atoms. The third-order valence-corrected chi connectivity index (χ3v) is 6.03. The number of benzene rings is 1. The Morgan fingerprint density at radius 3 is 2.85 bits per heavy atom. The molecule has 0 radical (unpaired) electrons. The van der Waals surface area contributed by atoms with Crippen molar-refractivity contribution < 1.29 is 9.21 Å². The van der Waals surface area contributed by atoms with Gasteiger partial charge < -0.3 is 15.1 Å². The minimum absolute atomic E-state index is 0.0753. The molecule has 1 amide bonds. The zero-order valence-electron chi connectivity index (χ0n) is 15.1. The quantitative estimate of drug-likeness (QED) is 0.785. The van der Waals surface area contributed by atoms with Crippen LogP contribution < -0.4 is 16.4 Å². The summed E-state index contributed by atoms with van der Waals surface area (Å²) in [6.07, 6.45) is 8.89.